The fraction of sp³-hybridized carbons (Fsp3) is 0.667. The van der Waals surface area contributed by atoms with Crippen LogP contribution in [0.3, 0.4) is 0 Å². The van der Waals surface area contributed by atoms with Crippen molar-refractivity contribution in [2.45, 2.75) is 25.9 Å². The van der Waals surface area contributed by atoms with Crippen molar-refractivity contribution in [1.82, 2.24) is 20.0 Å². The van der Waals surface area contributed by atoms with Crippen molar-refractivity contribution in [2.24, 2.45) is 7.05 Å². The summed E-state index contributed by atoms with van der Waals surface area (Å²) in [6.45, 7) is 2.62. The molecule has 0 aliphatic rings. The summed E-state index contributed by atoms with van der Waals surface area (Å²) in [5, 5.41) is 16.1. The summed E-state index contributed by atoms with van der Waals surface area (Å²) < 4.78 is 1.77. The number of aromatic nitrogens is 2. The normalized spacial score (nSPS) is 12.2. The van der Waals surface area contributed by atoms with Gasteiger partial charge in [-0.3, -0.25) is 4.68 Å². The van der Waals surface area contributed by atoms with Gasteiger partial charge in [0, 0.05) is 33.4 Å². The van der Waals surface area contributed by atoms with E-state index < -0.39 is 6.10 Å². The van der Waals surface area contributed by atoms with Gasteiger partial charge in [0.25, 0.3) is 0 Å². The van der Waals surface area contributed by atoms with Crippen molar-refractivity contribution in [3.05, 3.63) is 18.0 Å². The van der Waals surface area contributed by atoms with Gasteiger partial charge in [-0.1, -0.05) is 0 Å². The Labute approximate surface area is 108 Å². The summed E-state index contributed by atoms with van der Waals surface area (Å²) in [6.07, 6.45) is 5.08. The van der Waals surface area contributed by atoms with Crippen LogP contribution in [-0.4, -0.2) is 52.1 Å². The molecule has 2 N–H and O–H groups in total. The smallest absolute Gasteiger partial charge is 0.317 e. The summed E-state index contributed by atoms with van der Waals surface area (Å²) in [5.41, 5.74) is 1.17. The van der Waals surface area contributed by atoms with E-state index in [9.17, 15) is 4.79 Å². The van der Waals surface area contributed by atoms with Crippen molar-refractivity contribution in [3.63, 3.8) is 0 Å². The number of nitrogens with zero attached hydrogens (tertiary/aromatic N) is 3. The van der Waals surface area contributed by atoms with E-state index in [1.165, 1.54) is 10.5 Å². The molecule has 0 aliphatic carbocycles. The predicted octanol–water partition coefficient (Wildman–Crippen LogP) is 0.375. The SMILES string of the molecule is CC(O)CN(C)C(=O)NCCCc1cnn(C)c1. The quantitative estimate of drug-likeness (QED) is 0.721. The molecule has 1 atom stereocenters. The number of hydrogen-bond acceptors (Lipinski definition) is 3. The number of aliphatic hydroxyl groups is 1. The topological polar surface area (TPSA) is 70.4 Å². The van der Waals surface area contributed by atoms with Crippen LogP contribution >= 0.6 is 0 Å². The second-order valence-corrected chi connectivity index (χ2v) is 4.59. The molecule has 1 aromatic heterocycles. The summed E-state index contributed by atoms with van der Waals surface area (Å²) >= 11 is 0. The Kier molecular flexibility index (Phi) is 5.64. The Balaban J connectivity index is 2.15. The molecule has 0 saturated carbocycles. The molecule has 0 bridgehead atoms. The second-order valence-electron chi connectivity index (χ2n) is 4.59. The zero-order valence-corrected chi connectivity index (χ0v) is 11.3. The van der Waals surface area contributed by atoms with Crippen molar-refractivity contribution in [1.29, 1.82) is 0 Å². The molecule has 0 saturated heterocycles. The maximum Gasteiger partial charge on any atom is 0.317 e. The highest BCUT2D eigenvalue weighted by Gasteiger charge is 2.09. The first-order chi connectivity index (χ1) is 8.49. The van der Waals surface area contributed by atoms with Gasteiger partial charge in [-0.25, -0.2) is 4.79 Å². The molecule has 6 heteroatoms. The lowest BCUT2D eigenvalue weighted by molar-refractivity contribution is 0.144. The Hall–Kier alpha value is -1.56. The number of rotatable bonds is 6. The molecule has 0 fully saturated rings. The number of carbonyl (C=O) groups excluding carboxylic acids is 1. The van der Waals surface area contributed by atoms with E-state index in [1.807, 2.05) is 19.4 Å². The lowest BCUT2D eigenvalue weighted by Gasteiger charge is -2.19. The summed E-state index contributed by atoms with van der Waals surface area (Å²) in [4.78, 5) is 13.1. The van der Waals surface area contributed by atoms with Gasteiger partial charge >= 0.3 is 6.03 Å². The first kappa shape index (κ1) is 14.5. The maximum atomic E-state index is 11.6. The molecule has 2 amide bonds. The molecule has 6 nitrogen and oxygen atoms in total. The average Bonchev–Trinajstić information content (AvgIpc) is 2.69. The highest BCUT2D eigenvalue weighted by Crippen LogP contribution is 2.00. The molecule has 18 heavy (non-hydrogen) atoms. The number of hydrogen-bond donors (Lipinski definition) is 2. The Morgan fingerprint density at radius 3 is 2.94 bits per heavy atom. The predicted molar refractivity (Wildman–Crippen MR) is 69.2 cm³/mol. The van der Waals surface area contributed by atoms with Crippen molar-refractivity contribution < 1.29 is 9.90 Å². The van der Waals surface area contributed by atoms with E-state index in [2.05, 4.69) is 10.4 Å². The minimum Gasteiger partial charge on any atom is -0.392 e. The number of aryl methyl sites for hydroxylation is 2. The summed E-state index contributed by atoms with van der Waals surface area (Å²) in [5.74, 6) is 0. The van der Waals surface area contributed by atoms with Gasteiger partial charge in [-0.05, 0) is 25.3 Å². The molecular weight excluding hydrogens is 232 g/mol. The molecule has 0 radical (unpaired) electrons. The van der Waals surface area contributed by atoms with E-state index in [1.54, 1.807) is 18.7 Å². The fourth-order valence-electron chi connectivity index (χ4n) is 1.70. The third-order valence-corrected chi connectivity index (χ3v) is 2.56. The zero-order valence-electron chi connectivity index (χ0n) is 11.3. The van der Waals surface area contributed by atoms with Crippen molar-refractivity contribution in [3.8, 4) is 0 Å². The summed E-state index contributed by atoms with van der Waals surface area (Å²) in [6, 6.07) is -0.151. The number of amides is 2. The van der Waals surface area contributed by atoms with Crippen molar-refractivity contribution >= 4 is 6.03 Å². The highest BCUT2D eigenvalue weighted by atomic mass is 16.3. The van der Waals surface area contributed by atoms with Gasteiger partial charge in [0.1, 0.15) is 0 Å². The van der Waals surface area contributed by atoms with Crippen LogP contribution in [0.2, 0.25) is 0 Å². The highest BCUT2D eigenvalue weighted by molar-refractivity contribution is 5.73. The summed E-state index contributed by atoms with van der Waals surface area (Å²) in [7, 11) is 3.56. The fourth-order valence-corrected chi connectivity index (χ4v) is 1.70. The lowest BCUT2D eigenvalue weighted by Crippen LogP contribution is -2.41. The van der Waals surface area contributed by atoms with Gasteiger partial charge < -0.3 is 15.3 Å². The van der Waals surface area contributed by atoms with Crippen LogP contribution < -0.4 is 5.32 Å². The number of carbonyl (C=O) groups is 1. The standard InChI is InChI=1S/C12H22N4O2/c1-10(17)8-15(2)12(18)13-6-4-5-11-7-14-16(3)9-11/h7,9-10,17H,4-6,8H2,1-3H3,(H,13,18). The van der Waals surface area contributed by atoms with Gasteiger partial charge in [0.15, 0.2) is 0 Å². The first-order valence-electron chi connectivity index (χ1n) is 6.13. The van der Waals surface area contributed by atoms with E-state index in [4.69, 9.17) is 5.11 Å². The minimum absolute atomic E-state index is 0.151. The molecule has 0 spiro atoms. The molecule has 1 unspecified atom stereocenters. The maximum absolute atomic E-state index is 11.6. The van der Waals surface area contributed by atoms with E-state index in [0.717, 1.165) is 12.8 Å². The lowest BCUT2D eigenvalue weighted by atomic mass is 10.2. The number of likely N-dealkylation sites (N-methyl/N-ethyl adjacent to an activating group) is 1. The molecule has 1 aromatic rings. The monoisotopic (exact) mass is 254 g/mol. The van der Waals surface area contributed by atoms with E-state index >= 15 is 0 Å². The third-order valence-electron chi connectivity index (χ3n) is 2.56. The number of aliphatic hydroxyl groups excluding tert-OH is 1. The second kappa shape index (κ2) is 7.00. The van der Waals surface area contributed by atoms with Crippen LogP contribution in [-0.2, 0) is 13.5 Å². The van der Waals surface area contributed by atoms with Crippen LogP contribution in [0.1, 0.15) is 18.9 Å². The third kappa shape index (κ3) is 5.18. The van der Waals surface area contributed by atoms with Gasteiger partial charge in [0.05, 0.1) is 12.3 Å². The van der Waals surface area contributed by atoms with Gasteiger partial charge in [-0.2, -0.15) is 5.10 Å². The molecule has 102 valence electrons. The van der Waals surface area contributed by atoms with Crippen molar-refractivity contribution in [2.75, 3.05) is 20.1 Å². The number of urea groups is 1. The van der Waals surface area contributed by atoms with Crippen LogP contribution in [0.5, 0.6) is 0 Å². The minimum atomic E-state index is -0.504. The number of nitrogens with one attached hydrogen (secondary N) is 1. The zero-order chi connectivity index (χ0) is 13.5. The van der Waals surface area contributed by atoms with Gasteiger partial charge in [0.2, 0.25) is 0 Å². The first-order valence-corrected chi connectivity index (χ1v) is 6.13. The molecule has 0 aliphatic heterocycles. The van der Waals surface area contributed by atoms with Crippen LogP contribution in [0.25, 0.3) is 0 Å². The van der Waals surface area contributed by atoms with Crippen LogP contribution in [0.15, 0.2) is 12.4 Å². The Morgan fingerprint density at radius 1 is 1.67 bits per heavy atom. The molecule has 0 aromatic carbocycles. The van der Waals surface area contributed by atoms with Gasteiger partial charge in [-0.15, -0.1) is 0 Å². The van der Waals surface area contributed by atoms with E-state index in [-0.39, 0.29) is 6.03 Å². The average molecular weight is 254 g/mol. The van der Waals surface area contributed by atoms with Crippen LogP contribution in [0.4, 0.5) is 4.79 Å². The van der Waals surface area contributed by atoms with E-state index in [0.29, 0.717) is 13.1 Å². The molecule has 1 rings (SSSR count). The largest absolute Gasteiger partial charge is 0.392 e. The molecular formula is C12H22N4O2. The Bertz CT molecular complexity index is 376. The molecule has 1 heterocycles. The Morgan fingerprint density at radius 2 is 2.39 bits per heavy atom. The van der Waals surface area contributed by atoms with Crippen LogP contribution in [0, 0.1) is 0 Å².